The lowest BCUT2D eigenvalue weighted by molar-refractivity contribution is 0.0727. The number of halogens is 1. The second-order valence-corrected chi connectivity index (χ2v) is 5.39. The minimum absolute atomic E-state index is 0.0503. The van der Waals surface area contributed by atoms with Crippen molar-refractivity contribution in [3.8, 4) is 0 Å². The van der Waals surface area contributed by atoms with E-state index in [4.69, 9.17) is 5.11 Å². The summed E-state index contributed by atoms with van der Waals surface area (Å²) in [6.07, 6.45) is 0.839. The molecule has 1 heterocycles. The zero-order valence-electron chi connectivity index (χ0n) is 10.7. The van der Waals surface area contributed by atoms with E-state index in [1.807, 2.05) is 6.92 Å². The highest BCUT2D eigenvalue weighted by atomic mass is 32.1. The van der Waals surface area contributed by atoms with Crippen LogP contribution in [0.2, 0.25) is 0 Å². The predicted octanol–water partition coefficient (Wildman–Crippen LogP) is 2.88. The van der Waals surface area contributed by atoms with Crippen molar-refractivity contribution in [3.05, 3.63) is 35.0 Å². The average Bonchev–Trinajstić information content (AvgIpc) is 2.80. The van der Waals surface area contributed by atoms with Crippen molar-refractivity contribution in [3.63, 3.8) is 0 Å². The Morgan fingerprint density at radius 3 is 2.84 bits per heavy atom. The Morgan fingerprint density at radius 2 is 2.16 bits per heavy atom. The first-order valence-corrected chi connectivity index (χ1v) is 7.06. The standard InChI is InChI=1S/C14H16FNO2S/c1-2-5-16(6-7-17)14(18)13-8-10-3-4-11(15)9-12(10)19-13/h3-4,8-9,17H,2,5-7H2,1H3. The van der Waals surface area contributed by atoms with Crippen molar-refractivity contribution < 1.29 is 14.3 Å². The van der Waals surface area contributed by atoms with Crippen molar-refractivity contribution in [1.29, 1.82) is 0 Å². The summed E-state index contributed by atoms with van der Waals surface area (Å²) in [7, 11) is 0. The molecule has 0 aliphatic heterocycles. The van der Waals surface area contributed by atoms with Gasteiger partial charge in [-0.25, -0.2) is 4.39 Å². The molecule has 0 atom stereocenters. The van der Waals surface area contributed by atoms with E-state index < -0.39 is 0 Å². The number of fused-ring (bicyclic) bond motifs is 1. The number of nitrogens with zero attached hydrogens (tertiary/aromatic N) is 1. The molecule has 5 heteroatoms. The molecule has 0 unspecified atom stereocenters. The van der Waals surface area contributed by atoms with Crippen LogP contribution in [0.1, 0.15) is 23.0 Å². The maximum Gasteiger partial charge on any atom is 0.264 e. The minimum Gasteiger partial charge on any atom is -0.395 e. The van der Waals surface area contributed by atoms with Crippen molar-refractivity contribution >= 4 is 27.3 Å². The number of aliphatic hydroxyl groups excluding tert-OH is 1. The lowest BCUT2D eigenvalue weighted by atomic mass is 10.2. The quantitative estimate of drug-likeness (QED) is 0.915. The summed E-state index contributed by atoms with van der Waals surface area (Å²) in [6.45, 7) is 2.88. The molecule has 1 N–H and O–H groups in total. The molecule has 0 aliphatic rings. The highest BCUT2D eigenvalue weighted by Crippen LogP contribution is 2.27. The van der Waals surface area contributed by atoms with E-state index in [2.05, 4.69) is 0 Å². The second kappa shape index (κ2) is 6.12. The van der Waals surface area contributed by atoms with Gasteiger partial charge in [0.2, 0.25) is 0 Å². The first kappa shape index (κ1) is 14.0. The third kappa shape index (κ3) is 3.11. The lowest BCUT2D eigenvalue weighted by Crippen LogP contribution is -2.33. The van der Waals surface area contributed by atoms with Gasteiger partial charge in [-0.15, -0.1) is 11.3 Å². The third-order valence-electron chi connectivity index (χ3n) is 2.84. The molecule has 0 spiro atoms. The lowest BCUT2D eigenvalue weighted by Gasteiger charge is -2.19. The van der Waals surface area contributed by atoms with Crippen molar-refractivity contribution in [1.82, 2.24) is 4.90 Å². The van der Waals surface area contributed by atoms with Gasteiger partial charge in [0.05, 0.1) is 11.5 Å². The molecule has 3 nitrogen and oxygen atoms in total. The number of thiophene rings is 1. The van der Waals surface area contributed by atoms with E-state index in [-0.39, 0.29) is 18.3 Å². The first-order chi connectivity index (χ1) is 9.15. The van der Waals surface area contributed by atoms with Gasteiger partial charge in [0.15, 0.2) is 0 Å². The zero-order chi connectivity index (χ0) is 13.8. The van der Waals surface area contributed by atoms with E-state index in [9.17, 15) is 9.18 Å². The van der Waals surface area contributed by atoms with Gasteiger partial charge in [-0.1, -0.05) is 13.0 Å². The highest BCUT2D eigenvalue weighted by molar-refractivity contribution is 7.20. The maximum atomic E-state index is 13.1. The summed E-state index contributed by atoms with van der Waals surface area (Å²) in [5.74, 6) is -0.397. The van der Waals surface area contributed by atoms with E-state index in [0.717, 1.165) is 16.5 Å². The number of hydrogen-bond acceptors (Lipinski definition) is 3. The van der Waals surface area contributed by atoms with Crippen LogP contribution < -0.4 is 0 Å². The topological polar surface area (TPSA) is 40.5 Å². The van der Waals surface area contributed by atoms with Gasteiger partial charge in [-0.3, -0.25) is 4.79 Å². The summed E-state index contributed by atoms with van der Waals surface area (Å²) in [4.78, 5) is 14.5. The molecule has 102 valence electrons. The summed E-state index contributed by atoms with van der Waals surface area (Å²) in [5, 5.41) is 9.87. The van der Waals surface area contributed by atoms with Crippen LogP contribution in [-0.2, 0) is 0 Å². The smallest absolute Gasteiger partial charge is 0.264 e. The molecule has 2 aromatic rings. The number of carbonyl (C=O) groups excluding carboxylic acids is 1. The van der Waals surface area contributed by atoms with Gasteiger partial charge in [0, 0.05) is 17.8 Å². The fraction of sp³-hybridized carbons (Fsp3) is 0.357. The van der Waals surface area contributed by atoms with Gasteiger partial charge in [0.1, 0.15) is 5.82 Å². The monoisotopic (exact) mass is 281 g/mol. The number of hydrogen-bond donors (Lipinski definition) is 1. The molecule has 19 heavy (non-hydrogen) atoms. The fourth-order valence-corrected chi connectivity index (χ4v) is 3.03. The molecular formula is C14H16FNO2S. The number of carbonyl (C=O) groups is 1. The SMILES string of the molecule is CCCN(CCO)C(=O)c1cc2ccc(F)cc2s1. The van der Waals surface area contributed by atoms with E-state index in [1.165, 1.54) is 23.5 Å². The number of rotatable bonds is 5. The van der Waals surface area contributed by atoms with Crippen LogP contribution in [0.3, 0.4) is 0 Å². The van der Waals surface area contributed by atoms with E-state index >= 15 is 0 Å². The van der Waals surface area contributed by atoms with Crippen LogP contribution in [-0.4, -0.2) is 35.6 Å². The third-order valence-corrected chi connectivity index (χ3v) is 3.93. The van der Waals surface area contributed by atoms with Crippen LogP contribution in [0.5, 0.6) is 0 Å². The Labute approximate surface area is 115 Å². The number of aliphatic hydroxyl groups is 1. The van der Waals surface area contributed by atoms with Crippen molar-refractivity contribution in [2.75, 3.05) is 19.7 Å². The van der Waals surface area contributed by atoms with Crippen molar-refractivity contribution in [2.24, 2.45) is 0 Å². The average molecular weight is 281 g/mol. The molecule has 0 fully saturated rings. The molecule has 0 bridgehead atoms. The van der Waals surface area contributed by atoms with Gasteiger partial charge in [-0.05, 0) is 30.0 Å². The van der Waals surface area contributed by atoms with Crippen LogP contribution in [0, 0.1) is 5.82 Å². The Balaban J connectivity index is 2.29. The summed E-state index contributed by atoms with van der Waals surface area (Å²) < 4.78 is 13.9. The predicted molar refractivity (Wildman–Crippen MR) is 75.1 cm³/mol. The Bertz CT molecular complexity index is 576. The van der Waals surface area contributed by atoms with Gasteiger partial charge < -0.3 is 10.0 Å². The molecule has 1 aromatic carbocycles. The molecular weight excluding hydrogens is 265 g/mol. The largest absolute Gasteiger partial charge is 0.395 e. The second-order valence-electron chi connectivity index (χ2n) is 4.31. The van der Waals surface area contributed by atoms with Gasteiger partial charge in [0.25, 0.3) is 5.91 Å². The molecule has 1 aromatic heterocycles. The first-order valence-electron chi connectivity index (χ1n) is 6.25. The molecule has 0 radical (unpaired) electrons. The van der Waals surface area contributed by atoms with E-state index in [1.54, 1.807) is 17.0 Å². The summed E-state index contributed by atoms with van der Waals surface area (Å²) >= 11 is 1.29. The summed E-state index contributed by atoms with van der Waals surface area (Å²) in [6, 6.07) is 6.28. The summed E-state index contributed by atoms with van der Waals surface area (Å²) in [5.41, 5.74) is 0. The van der Waals surface area contributed by atoms with E-state index in [0.29, 0.717) is 18.0 Å². The van der Waals surface area contributed by atoms with Crippen molar-refractivity contribution in [2.45, 2.75) is 13.3 Å². The maximum absolute atomic E-state index is 13.1. The molecule has 1 amide bonds. The van der Waals surface area contributed by atoms with Gasteiger partial charge >= 0.3 is 0 Å². The molecule has 2 rings (SSSR count). The Morgan fingerprint density at radius 1 is 1.37 bits per heavy atom. The van der Waals surface area contributed by atoms with Crippen LogP contribution >= 0.6 is 11.3 Å². The molecule has 0 aliphatic carbocycles. The van der Waals surface area contributed by atoms with Gasteiger partial charge in [-0.2, -0.15) is 0 Å². The highest BCUT2D eigenvalue weighted by Gasteiger charge is 2.17. The fourth-order valence-electron chi connectivity index (χ4n) is 1.97. The normalized spacial score (nSPS) is 10.9. The number of benzene rings is 1. The van der Waals surface area contributed by atoms with Crippen LogP contribution in [0.15, 0.2) is 24.3 Å². The zero-order valence-corrected chi connectivity index (χ0v) is 11.5. The number of amides is 1. The Hall–Kier alpha value is -1.46. The molecule has 0 saturated carbocycles. The molecule has 0 saturated heterocycles. The van der Waals surface area contributed by atoms with Crippen LogP contribution in [0.25, 0.3) is 10.1 Å². The minimum atomic E-state index is -0.297. The van der Waals surface area contributed by atoms with Crippen LogP contribution in [0.4, 0.5) is 4.39 Å². The Kier molecular flexibility index (Phi) is 4.50.